The Bertz CT molecular complexity index is 335. The van der Waals surface area contributed by atoms with E-state index in [1.165, 1.54) is 0 Å². The van der Waals surface area contributed by atoms with Crippen molar-refractivity contribution in [3.8, 4) is 5.75 Å². The van der Waals surface area contributed by atoms with E-state index in [-0.39, 0.29) is 17.8 Å². The second-order valence-corrected chi connectivity index (χ2v) is 4.71. The predicted molar refractivity (Wildman–Crippen MR) is 57.5 cm³/mol. The first-order valence-corrected chi connectivity index (χ1v) is 4.80. The maximum Gasteiger partial charge on any atom is 0.124 e. The van der Waals surface area contributed by atoms with Gasteiger partial charge in [-0.05, 0) is 29.5 Å². The van der Waals surface area contributed by atoms with Crippen LogP contribution in [0, 0.1) is 6.92 Å². The molecule has 0 saturated heterocycles. The van der Waals surface area contributed by atoms with Gasteiger partial charge in [0.25, 0.3) is 0 Å². The van der Waals surface area contributed by atoms with E-state index in [0.29, 0.717) is 5.56 Å². The summed E-state index contributed by atoms with van der Waals surface area (Å²) in [7, 11) is 0. The molecule has 0 heterocycles. The zero-order valence-corrected chi connectivity index (χ0v) is 9.26. The summed E-state index contributed by atoms with van der Waals surface area (Å²) in [5, 5.41) is 18.7. The fraction of sp³-hybridized carbons (Fsp3) is 0.500. The number of aliphatic hydroxyl groups is 1. The van der Waals surface area contributed by atoms with E-state index in [0.717, 1.165) is 11.1 Å². The van der Waals surface area contributed by atoms with Gasteiger partial charge in [0.2, 0.25) is 0 Å². The third-order valence-electron chi connectivity index (χ3n) is 2.42. The molecule has 0 bridgehead atoms. The average Bonchev–Trinajstić information content (AvgIpc) is 2.07. The Morgan fingerprint density at radius 1 is 1.21 bits per heavy atom. The summed E-state index contributed by atoms with van der Waals surface area (Å²) in [5.74, 6) is 0.209. The quantitative estimate of drug-likeness (QED) is 0.721. The molecule has 0 saturated carbocycles. The molecular weight excluding hydrogens is 176 g/mol. The van der Waals surface area contributed by atoms with Gasteiger partial charge in [-0.15, -0.1) is 0 Å². The molecule has 0 aliphatic carbocycles. The van der Waals surface area contributed by atoms with E-state index < -0.39 is 0 Å². The van der Waals surface area contributed by atoms with Crippen molar-refractivity contribution in [1.29, 1.82) is 0 Å². The molecule has 2 N–H and O–H groups in total. The summed E-state index contributed by atoms with van der Waals surface area (Å²) in [4.78, 5) is 0. The largest absolute Gasteiger partial charge is 0.507 e. The molecule has 1 rings (SSSR count). The van der Waals surface area contributed by atoms with Crippen LogP contribution in [0.25, 0.3) is 0 Å². The van der Waals surface area contributed by atoms with Crippen molar-refractivity contribution in [1.82, 2.24) is 0 Å². The van der Waals surface area contributed by atoms with Crippen molar-refractivity contribution in [2.75, 3.05) is 0 Å². The van der Waals surface area contributed by atoms with E-state index in [2.05, 4.69) is 20.8 Å². The zero-order chi connectivity index (χ0) is 10.9. The molecule has 0 aliphatic heterocycles. The van der Waals surface area contributed by atoms with Crippen molar-refractivity contribution in [3.05, 3.63) is 28.8 Å². The lowest BCUT2D eigenvalue weighted by Crippen LogP contribution is -2.12. The van der Waals surface area contributed by atoms with Crippen LogP contribution >= 0.6 is 0 Å². The molecule has 0 aromatic heterocycles. The highest BCUT2D eigenvalue weighted by Crippen LogP contribution is 2.30. The van der Waals surface area contributed by atoms with Crippen LogP contribution in [0.3, 0.4) is 0 Å². The minimum Gasteiger partial charge on any atom is -0.507 e. The maximum absolute atomic E-state index is 9.63. The molecule has 0 spiro atoms. The highest BCUT2D eigenvalue weighted by atomic mass is 16.3. The van der Waals surface area contributed by atoms with E-state index >= 15 is 0 Å². The molecule has 1 aromatic rings. The Morgan fingerprint density at radius 3 is 2.21 bits per heavy atom. The van der Waals surface area contributed by atoms with Crippen LogP contribution in [0.5, 0.6) is 5.75 Å². The lowest BCUT2D eigenvalue weighted by atomic mass is 9.85. The van der Waals surface area contributed by atoms with Crippen molar-refractivity contribution < 1.29 is 10.2 Å². The molecule has 0 unspecified atom stereocenters. The fourth-order valence-corrected chi connectivity index (χ4v) is 1.41. The van der Waals surface area contributed by atoms with Gasteiger partial charge in [-0.1, -0.05) is 26.8 Å². The van der Waals surface area contributed by atoms with Gasteiger partial charge in [0.05, 0.1) is 6.61 Å². The van der Waals surface area contributed by atoms with Gasteiger partial charge in [0.1, 0.15) is 5.75 Å². The molecule has 1 aromatic carbocycles. The number of benzene rings is 1. The first kappa shape index (κ1) is 11.1. The standard InChI is InChI=1S/C12H18O2/c1-8-5-10(12(2,3)4)6-9(7-13)11(8)14/h5-6,13-14H,7H2,1-4H3. The SMILES string of the molecule is Cc1cc(C(C)(C)C)cc(CO)c1O. The molecule has 14 heavy (non-hydrogen) atoms. The Morgan fingerprint density at radius 2 is 1.79 bits per heavy atom. The van der Waals surface area contributed by atoms with E-state index in [1.54, 1.807) is 0 Å². The predicted octanol–water partition coefficient (Wildman–Crippen LogP) is 2.49. The lowest BCUT2D eigenvalue weighted by Gasteiger charge is -2.21. The van der Waals surface area contributed by atoms with Crippen LogP contribution in [0.4, 0.5) is 0 Å². The first-order chi connectivity index (χ1) is 6.36. The highest BCUT2D eigenvalue weighted by molar-refractivity contribution is 5.44. The van der Waals surface area contributed by atoms with Crippen LogP contribution < -0.4 is 0 Å². The Kier molecular flexibility index (Phi) is 2.86. The van der Waals surface area contributed by atoms with Gasteiger partial charge in [-0.3, -0.25) is 0 Å². The van der Waals surface area contributed by atoms with E-state index in [9.17, 15) is 5.11 Å². The summed E-state index contributed by atoms with van der Waals surface area (Å²) in [6.07, 6.45) is 0. The van der Waals surface area contributed by atoms with Crippen molar-refractivity contribution in [3.63, 3.8) is 0 Å². The van der Waals surface area contributed by atoms with Crippen LogP contribution in [0.1, 0.15) is 37.5 Å². The molecule has 0 radical (unpaired) electrons. The fourth-order valence-electron chi connectivity index (χ4n) is 1.41. The molecular formula is C12H18O2. The number of aryl methyl sites for hydroxylation is 1. The summed E-state index contributed by atoms with van der Waals surface area (Å²) in [5.41, 5.74) is 2.61. The zero-order valence-electron chi connectivity index (χ0n) is 9.26. The number of hydrogen-bond donors (Lipinski definition) is 2. The second kappa shape index (κ2) is 3.62. The van der Waals surface area contributed by atoms with E-state index in [1.807, 2.05) is 19.1 Å². The number of hydrogen-bond acceptors (Lipinski definition) is 2. The smallest absolute Gasteiger partial charge is 0.124 e. The maximum atomic E-state index is 9.63. The molecule has 2 heteroatoms. The first-order valence-electron chi connectivity index (χ1n) is 4.80. The molecule has 0 amide bonds. The summed E-state index contributed by atoms with van der Waals surface area (Å²) >= 11 is 0. The highest BCUT2D eigenvalue weighted by Gasteiger charge is 2.16. The monoisotopic (exact) mass is 194 g/mol. The van der Waals surface area contributed by atoms with Crippen LogP contribution in [-0.2, 0) is 12.0 Å². The van der Waals surface area contributed by atoms with Crippen LogP contribution in [-0.4, -0.2) is 10.2 Å². The second-order valence-electron chi connectivity index (χ2n) is 4.71. The normalized spacial score (nSPS) is 11.8. The number of phenols is 1. The summed E-state index contributed by atoms with van der Waals surface area (Å²) in [6, 6.07) is 3.83. The Hall–Kier alpha value is -1.02. The number of rotatable bonds is 1. The van der Waals surface area contributed by atoms with Crippen LogP contribution in [0.2, 0.25) is 0 Å². The molecule has 0 aliphatic rings. The Labute approximate surface area is 85.2 Å². The molecule has 0 atom stereocenters. The minimum absolute atomic E-state index is 0.0440. The number of aromatic hydroxyl groups is 1. The van der Waals surface area contributed by atoms with Gasteiger partial charge < -0.3 is 10.2 Å². The molecule has 2 nitrogen and oxygen atoms in total. The van der Waals surface area contributed by atoms with Gasteiger partial charge in [0, 0.05) is 5.56 Å². The van der Waals surface area contributed by atoms with Crippen molar-refractivity contribution in [2.24, 2.45) is 0 Å². The average molecular weight is 194 g/mol. The van der Waals surface area contributed by atoms with Crippen molar-refractivity contribution >= 4 is 0 Å². The van der Waals surface area contributed by atoms with Crippen molar-refractivity contribution in [2.45, 2.75) is 39.7 Å². The van der Waals surface area contributed by atoms with Gasteiger partial charge in [0.15, 0.2) is 0 Å². The topological polar surface area (TPSA) is 40.5 Å². The van der Waals surface area contributed by atoms with Gasteiger partial charge >= 0.3 is 0 Å². The third-order valence-corrected chi connectivity index (χ3v) is 2.42. The third kappa shape index (κ3) is 2.07. The number of aliphatic hydroxyl groups excluding tert-OH is 1. The van der Waals surface area contributed by atoms with Crippen LogP contribution in [0.15, 0.2) is 12.1 Å². The Balaban J connectivity index is 3.30. The van der Waals surface area contributed by atoms with E-state index in [4.69, 9.17) is 5.11 Å². The molecule has 78 valence electrons. The summed E-state index contributed by atoms with van der Waals surface area (Å²) in [6.45, 7) is 8.07. The minimum atomic E-state index is -0.114. The summed E-state index contributed by atoms with van der Waals surface area (Å²) < 4.78 is 0. The van der Waals surface area contributed by atoms with Gasteiger partial charge in [-0.25, -0.2) is 0 Å². The van der Waals surface area contributed by atoms with Gasteiger partial charge in [-0.2, -0.15) is 0 Å². The lowest BCUT2D eigenvalue weighted by molar-refractivity contribution is 0.275. The molecule has 0 fully saturated rings.